The second-order valence-corrected chi connectivity index (χ2v) is 7.45. The van der Waals surface area contributed by atoms with Crippen molar-refractivity contribution in [2.45, 2.75) is 20.3 Å². The lowest BCUT2D eigenvalue weighted by atomic mass is 10.6. The largest absolute Gasteiger partial charge is 0.0817 e. The lowest BCUT2D eigenvalue weighted by Gasteiger charge is -1.93. The van der Waals surface area contributed by atoms with Crippen molar-refractivity contribution < 1.29 is 0 Å². The van der Waals surface area contributed by atoms with E-state index in [1.165, 1.54) is 12.2 Å². The van der Waals surface area contributed by atoms with E-state index in [2.05, 4.69) is 18.4 Å². The molecule has 0 nitrogen and oxygen atoms in total. The monoisotopic (exact) mass is 212 g/mol. The van der Waals surface area contributed by atoms with E-state index in [0.29, 0.717) is 0 Å². The molecule has 0 N–H and O–H groups in total. The molecule has 4 heteroatoms. The molecule has 60 valence electrons. The molecule has 0 fully saturated rings. The molecule has 0 saturated carbocycles. The molecule has 0 atom stereocenters. The van der Waals surface area contributed by atoms with Crippen LogP contribution in [-0.2, 0) is 0 Å². The van der Waals surface area contributed by atoms with E-state index in [1.54, 1.807) is 10.8 Å². The smallest absolute Gasteiger partial charge is 0.00428 e. The van der Waals surface area contributed by atoms with Gasteiger partial charge in [0.05, 0.1) is 0 Å². The summed E-state index contributed by atoms with van der Waals surface area (Å²) in [5.41, 5.74) is 0. The minimum atomic E-state index is 1.26. The van der Waals surface area contributed by atoms with Crippen LogP contribution in [0.4, 0.5) is 0 Å². The summed E-state index contributed by atoms with van der Waals surface area (Å²) in [5.74, 6) is 1.26. The van der Waals surface area contributed by atoms with E-state index >= 15 is 0 Å². The lowest BCUT2D eigenvalue weighted by molar-refractivity contribution is 1.11. The Morgan fingerprint density at radius 1 is 1.30 bits per heavy atom. The van der Waals surface area contributed by atoms with Gasteiger partial charge in [-0.1, -0.05) is 34.6 Å². The maximum Gasteiger partial charge on any atom is 0.00428 e. The topological polar surface area (TPSA) is 0 Å². The standard InChI is InChI=1S/C6H12S4/c1-3-5-7-9-10-8-6-4-2/h3,5H,4,6H2,1-2H3. The van der Waals surface area contributed by atoms with Crippen LogP contribution in [0.5, 0.6) is 0 Å². The first kappa shape index (κ1) is 11.1. The molecule has 0 aromatic heterocycles. The molecule has 0 unspecified atom stereocenters. The highest BCUT2D eigenvalue weighted by molar-refractivity contribution is 9.26. The third-order valence-electron chi connectivity index (χ3n) is 0.594. The first-order valence-electron chi connectivity index (χ1n) is 3.14. The van der Waals surface area contributed by atoms with Crippen LogP contribution in [0.1, 0.15) is 20.3 Å². The Balaban J connectivity index is 2.77. The van der Waals surface area contributed by atoms with Crippen LogP contribution in [0, 0.1) is 0 Å². The van der Waals surface area contributed by atoms with E-state index in [0.717, 1.165) is 0 Å². The highest BCUT2D eigenvalue weighted by atomic mass is 33.7. The zero-order valence-corrected chi connectivity index (χ0v) is 9.47. The van der Waals surface area contributed by atoms with Crippen molar-refractivity contribution in [2.24, 2.45) is 0 Å². The predicted octanol–water partition coefficient (Wildman–Crippen LogP) is 4.61. The lowest BCUT2D eigenvalue weighted by Crippen LogP contribution is -1.63. The Morgan fingerprint density at radius 3 is 2.70 bits per heavy atom. The first-order valence-corrected chi connectivity index (χ1v) is 8.19. The minimum absolute atomic E-state index is 1.26. The molecule has 0 saturated heterocycles. The molecule has 0 amide bonds. The van der Waals surface area contributed by atoms with Crippen LogP contribution < -0.4 is 0 Å². The summed E-state index contributed by atoms with van der Waals surface area (Å²) in [5, 5.41) is 2.10. The third kappa shape index (κ3) is 9.14. The minimum Gasteiger partial charge on any atom is -0.0817 e. The van der Waals surface area contributed by atoms with E-state index in [9.17, 15) is 0 Å². The third-order valence-corrected chi connectivity index (χ3v) is 6.88. The fraction of sp³-hybridized carbons (Fsp3) is 0.667. The Hall–Kier alpha value is 1.14. The summed E-state index contributed by atoms with van der Waals surface area (Å²) < 4.78 is 0. The van der Waals surface area contributed by atoms with Crippen molar-refractivity contribution >= 4 is 41.2 Å². The van der Waals surface area contributed by atoms with Crippen LogP contribution in [-0.4, -0.2) is 5.75 Å². The van der Waals surface area contributed by atoms with Crippen LogP contribution in [0.15, 0.2) is 11.5 Å². The molecule has 0 aliphatic carbocycles. The van der Waals surface area contributed by atoms with Crippen LogP contribution in [0.3, 0.4) is 0 Å². The fourth-order valence-electron chi connectivity index (χ4n) is 0.231. The second kappa shape index (κ2) is 10.1. The Bertz CT molecular complexity index is 81.8. The predicted molar refractivity (Wildman–Crippen MR) is 60.3 cm³/mol. The number of hydrogen-bond donors (Lipinski definition) is 0. The number of allylic oxidation sites excluding steroid dienone is 1. The van der Waals surface area contributed by atoms with E-state index in [-0.39, 0.29) is 0 Å². The van der Waals surface area contributed by atoms with Gasteiger partial charge in [-0.25, -0.2) is 0 Å². The van der Waals surface area contributed by atoms with Gasteiger partial charge in [0.2, 0.25) is 0 Å². The van der Waals surface area contributed by atoms with Crippen molar-refractivity contribution in [3.8, 4) is 0 Å². The van der Waals surface area contributed by atoms with E-state index in [4.69, 9.17) is 0 Å². The van der Waals surface area contributed by atoms with Crippen molar-refractivity contribution in [3.05, 3.63) is 11.5 Å². The van der Waals surface area contributed by atoms with Gasteiger partial charge in [0.1, 0.15) is 0 Å². The van der Waals surface area contributed by atoms with Gasteiger partial charge < -0.3 is 0 Å². The zero-order valence-electron chi connectivity index (χ0n) is 6.20. The molecule has 0 aliphatic heterocycles. The molecule has 0 heterocycles. The number of rotatable bonds is 6. The molecule has 10 heavy (non-hydrogen) atoms. The van der Waals surface area contributed by atoms with Gasteiger partial charge in [-0.2, -0.15) is 0 Å². The summed E-state index contributed by atoms with van der Waals surface area (Å²) in [6.07, 6.45) is 3.33. The Morgan fingerprint density at radius 2 is 2.10 bits per heavy atom. The van der Waals surface area contributed by atoms with E-state index < -0.39 is 0 Å². The summed E-state index contributed by atoms with van der Waals surface area (Å²) in [7, 11) is 7.40. The summed E-state index contributed by atoms with van der Waals surface area (Å²) in [6.45, 7) is 4.24. The van der Waals surface area contributed by atoms with Gasteiger partial charge >= 0.3 is 0 Å². The summed E-state index contributed by atoms with van der Waals surface area (Å²) in [4.78, 5) is 0. The maximum atomic E-state index is 2.21. The van der Waals surface area contributed by atoms with Crippen molar-refractivity contribution in [1.82, 2.24) is 0 Å². The Kier molecular flexibility index (Phi) is 11.3. The van der Waals surface area contributed by atoms with Crippen molar-refractivity contribution in [1.29, 1.82) is 0 Å². The van der Waals surface area contributed by atoms with Gasteiger partial charge in [-0.3, -0.25) is 0 Å². The average molecular weight is 212 g/mol. The molecule has 0 bridgehead atoms. The Labute approximate surface area is 78.6 Å². The molecule has 0 spiro atoms. The quantitative estimate of drug-likeness (QED) is 0.465. The summed E-state index contributed by atoms with van der Waals surface area (Å²) >= 11 is 0. The SMILES string of the molecule is CC=CSSSSCCC. The summed E-state index contributed by atoms with van der Waals surface area (Å²) in [6, 6.07) is 0. The van der Waals surface area contributed by atoms with Crippen molar-refractivity contribution in [2.75, 3.05) is 5.75 Å². The molecule has 0 aliphatic rings. The van der Waals surface area contributed by atoms with Gasteiger partial charge in [0.25, 0.3) is 0 Å². The highest BCUT2D eigenvalue weighted by Crippen LogP contribution is 2.43. The van der Waals surface area contributed by atoms with E-state index in [1.807, 2.05) is 37.4 Å². The maximum absolute atomic E-state index is 2.21. The fourth-order valence-corrected chi connectivity index (χ4v) is 5.67. The van der Waals surface area contributed by atoms with Gasteiger partial charge in [0, 0.05) is 5.75 Å². The molecule has 0 rings (SSSR count). The van der Waals surface area contributed by atoms with Gasteiger partial charge in [-0.15, -0.1) is 0 Å². The van der Waals surface area contributed by atoms with Crippen LogP contribution in [0.25, 0.3) is 0 Å². The first-order chi connectivity index (χ1) is 4.91. The zero-order chi connectivity index (χ0) is 7.66. The van der Waals surface area contributed by atoms with Crippen molar-refractivity contribution in [3.63, 3.8) is 0 Å². The average Bonchev–Trinajstić information content (AvgIpc) is 1.97. The van der Waals surface area contributed by atoms with Crippen LogP contribution >= 0.6 is 41.2 Å². The number of hydrogen-bond acceptors (Lipinski definition) is 4. The van der Waals surface area contributed by atoms with Gasteiger partial charge in [-0.05, 0) is 38.4 Å². The molecule has 0 aromatic carbocycles. The molecule has 0 radical (unpaired) electrons. The molecule has 0 aromatic rings. The second-order valence-electron chi connectivity index (χ2n) is 1.52. The van der Waals surface area contributed by atoms with Gasteiger partial charge in [0.15, 0.2) is 0 Å². The highest BCUT2D eigenvalue weighted by Gasteiger charge is 1.87. The normalized spacial score (nSPS) is 11.0. The van der Waals surface area contributed by atoms with Crippen LogP contribution in [0.2, 0.25) is 0 Å². The molecular weight excluding hydrogens is 200 g/mol. The molecular formula is C6H12S4.